The number of nitrogens with one attached hydrogen (secondary N) is 2. The molecule has 2 aromatic heterocycles. The van der Waals surface area contributed by atoms with E-state index in [1.165, 1.54) is 11.3 Å². The zero-order valence-corrected chi connectivity index (χ0v) is 12.5. The zero-order chi connectivity index (χ0) is 15.4. The number of carboxylic acids is 1. The summed E-state index contributed by atoms with van der Waals surface area (Å²) in [6.07, 6.45) is -0.187. The Morgan fingerprint density at radius 2 is 2.24 bits per heavy atom. The molecule has 112 valence electrons. The maximum atomic E-state index is 12.1. The Labute approximate surface area is 125 Å². The molecule has 8 heteroatoms. The fourth-order valence-electron chi connectivity index (χ4n) is 1.74. The average Bonchev–Trinajstić information content (AvgIpc) is 3.09. The Bertz CT molecular complexity index is 621. The minimum absolute atomic E-state index is 0.0191. The third-order valence-electron chi connectivity index (χ3n) is 2.82. The van der Waals surface area contributed by atoms with Crippen molar-refractivity contribution < 1.29 is 14.7 Å². The van der Waals surface area contributed by atoms with Crippen LogP contribution in [0.1, 0.15) is 53.5 Å². The first-order valence-electron chi connectivity index (χ1n) is 6.45. The van der Waals surface area contributed by atoms with E-state index in [9.17, 15) is 9.59 Å². The predicted molar refractivity (Wildman–Crippen MR) is 77.3 cm³/mol. The van der Waals surface area contributed by atoms with Gasteiger partial charge in [-0.3, -0.25) is 14.7 Å². The molecule has 7 nitrogen and oxygen atoms in total. The maximum absolute atomic E-state index is 12.1. The molecule has 3 N–H and O–H groups in total. The van der Waals surface area contributed by atoms with E-state index in [0.29, 0.717) is 5.82 Å². The van der Waals surface area contributed by atoms with E-state index < -0.39 is 17.9 Å². The molecule has 2 rings (SSSR count). The molecule has 0 bridgehead atoms. The number of rotatable bonds is 6. The summed E-state index contributed by atoms with van der Waals surface area (Å²) in [4.78, 5) is 27.9. The van der Waals surface area contributed by atoms with E-state index in [2.05, 4.69) is 20.5 Å². The van der Waals surface area contributed by atoms with Crippen LogP contribution in [0.15, 0.2) is 17.5 Å². The van der Waals surface area contributed by atoms with Crippen LogP contribution in [-0.4, -0.2) is 32.2 Å². The van der Waals surface area contributed by atoms with Crippen LogP contribution in [0.4, 0.5) is 0 Å². The van der Waals surface area contributed by atoms with Crippen molar-refractivity contribution in [2.45, 2.75) is 32.2 Å². The van der Waals surface area contributed by atoms with E-state index in [0.717, 1.165) is 4.88 Å². The minimum Gasteiger partial charge on any atom is -0.481 e. The van der Waals surface area contributed by atoms with Gasteiger partial charge in [0.2, 0.25) is 5.82 Å². The van der Waals surface area contributed by atoms with Crippen molar-refractivity contribution in [1.82, 2.24) is 20.5 Å². The fourth-order valence-corrected chi connectivity index (χ4v) is 2.52. The highest BCUT2D eigenvalue weighted by molar-refractivity contribution is 7.10. The quantitative estimate of drug-likeness (QED) is 0.755. The average molecular weight is 308 g/mol. The third-order valence-corrected chi connectivity index (χ3v) is 3.81. The van der Waals surface area contributed by atoms with Crippen LogP contribution in [0.2, 0.25) is 0 Å². The molecule has 0 saturated heterocycles. The van der Waals surface area contributed by atoms with Crippen molar-refractivity contribution in [3.63, 3.8) is 0 Å². The summed E-state index contributed by atoms with van der Waals surface area (Å²) in [5.74, 6) is -0.702. The van der Waals surface area contributed by atoms with Gasteiger partial charge in [-0.15, -0.1) is 16.4 Å². The molecule has 0 fully saturated rings. The lowest BCUT2D eigenvalue weighted by molar-refractivity contribution is -0.137. The van der Waals surface area contributed by atoms with Gasteiger partial charge in [0.1, 0.15) is 5.82 Å². The molecule has 0 aromatic carbocycles. The topological polar surface area (TPSA) is 108 Å². The van der Waals surface area contributed by atoms with Crippen LogP contribution in [-0.2, 0) is 4.79 Å². The number of carbonyl (C=O) groups excluding carboxylic acids is 1. The minimum atomic E-state index is -0.980. The number of hydrogen-bond donors (Lipinski definition) is 3. The summed E-state index contributed by atoms with van der Waals surface area (Å²) in [5.41, 5.74) is 0. The van der Waals surface area contributed by atoms with Gasteiger partial charge >= 0.3 is 5.97 Å². The normalized spacial score (nSPS) is 12.3. The third kappa shape index (κ3) is 3.88. The number of aromatic nitrogens is 3. The van der Waals surface area contributed by atoms with Gasteiger partial charge in [0.15, 0.2) is 0 Å². The molecule has 2 aromatic rings. The van der Waals surface area contributed by atoms with Crippen LogP contribution in [0.3, 0.4) is 0 Å². The van der Waals surface area contributed by atoms with Crippen molar-refractivity contribution in [1.29, 1.82) is 0 Å². The molecular weight excluding hydrogens is 292 g/mol. The maximum Gasteiger partial charge on any atom is 0.305 e. The SMILES string of the molecule is CC(C)c1nc(C(=O)NC(CC(=O)O)c2cccs2)n[nH]1. The summed E-state index contributed by atoms with van der Waals surface area (Å²) in [6, 6.07) is 3.01. The Balaban J connectivity index is 2.12. The lowest BCUT2D eigenvalue weighted by atomic mass is 10.1. The Morgan fingerprint density at radius 3 is 2.76 bits per heavy atom. The lowest BCUT2D eigenvalue weighted by Crippen LogP contribution is -2.30. The molecule has 0 aliphatic heterocycles. The van der Waals surface area contributed by atoms with Crippen molar-refractivity contribution in [3.05, 3.63) is 34.0 Å². The fraction of sp³-hybridized carbons (Fsp3) is 0.385. The smallest absolute Gasteiger partial charge is 0.305 e. The van der Waals surface area contributed by atoms with Gasteiger partial charge in [-0.1, -0.05) is 19.9 Å². The number of hydrogen-bond acceptors (Lipinski definition) is 5. The molecule has 0 saturated carbocycles. The zero-order valence-electron chi connectivity index (χ0n) is 11.7. The van der Waals surface area contributed by atoms with Gasteiger partial charge in [0.05, 0.1) is 12.5 Å². The first-order chi connectivity index (χ1) is 9.97. The monoisotopic (exact) mass is 308 g/mol. The standard InChI is InChI=1S/C13H16N4O3S/c1-7(2)11-15-12(17-16-11)13(20)14-8(6-10(18)19)9-4-3-5-21-9/h3-5,7-8H,6H2,1-2H3,(H,14,20)(H,18,19)(H,15,16,17). The number of carbonyl (C=O) groups is 2. The Hall–Kier alpha value is -2.22. The summed E-state index contributed by atoms with van der Waals surface area (Å²) in [5, 5.41) is 20.0. The second-order valence-electron chi connectivity index (χ2n) is 4.84. The van der Waals surface area contributed by atoms with Gasteiger partial charge in [-0.2, -0.15) is 0 Å². The van der Waals surface area contributed by atoms with Crippen LogP contribution >= 0.6 is 11.3 Å². The van der Waals surface area contributed by atoms with E-state index in [-0.39, 0.29) is 18.2 Å². The van der Waals surface area contributed by atoms with Crippen LogP contribution in [0.5, 0.6) is 0 Å². The lowest BCUT2D eigenvalue weighted by Gasteiger charge is -2.14. The molecule has 0 aliphatic carbocycles. The number of aliphatic carboxylic acids is 1. The van der Waals surface area contributed by atoms with Crippen molar-refractivity contribution in [2.24, 2.45) is 0 Å². The highest BCUT2D eigenvalue weighted by atomic mass is 32.1. The first kappa shape index (κ1) is 15.2. The number of amides is 1. The van der Waals surface area contributed by atoms with Gasteiger partial charge in [0, 0.05) is 10.8 Å². The Kier molecular flexibility index (Phi) is 4.69. The second kappa shape index (κ2) is 6.49. The summed E-state index contributed by atoms with van der Waals surface area (Å²) in [6.45, 7) is 3.86. The molecule has 1 unspecified atom stereocenters. The van der Waals surface area contributed by atoms with E-state index in [1.807, 2.05) is 25.3 Å². The molecular formula is C13H16N4O3S. The van der Waals surface area contributed by atoms with Crippen LogP contribution in [0, 0.1) is 0 Å². The van der Waals surface area contributed by atoms with Crippen molar-refractivity contribution in [3.8, 4) is 0 Å². The van der Waals surface area contributed by atoms with E-state index in [4.69, 9.17) is 5.11 Å². The van der Waals surface area contributed by atoms with Crippen LogP contribution in [0.25, 0.3) is 0 Å². The van der Waals surface area contributed by atoms with Gasteiger partial charge in [-0.05, 0) is 11.4 Å². The van der Waals surface area contributed by atoms with Gasteiger partial charge in [0.25, 0.3) is 5.91 Å². The predicted octanol–water partition coefficient (Wildman–Crippen LogP) is 1.94. The van der Waals surface area contributed by atoms with Crippen molar-refractivity contribution >= 4 is 23.2 Å². The van der Waals surface area contributed by atoms with Crippen molar-refractivity contribution in [2.75, 3.05) is 0 Å². The van der Waals surface area contributed by atoms with E-state index >= 15 is 0 Å². The number of carboxylic acid groups (broad SMARTS) is 1. The first-order valence-corrected chi connectivity index (χ1v) is 7.33. The number of H-pyrrole nitrogens is 1. The molecule has 21 heavy (non-hydrogen) atoms. The highest BCUT2D eigenvalue weighted by Crippen LogP contribution is 2.22. The summed E-state index contributed by atoms with van der Waals surface area (Å²) in [7, 11) is 0. The number of aromatic amines is 1. The number of thiophene rings is 1. The van der Waals surface area contributed by atoms with Crippen LogP contribution < -0.4 is 5.32 Å². The molecule has 1 atom stereocenters. The van der Waals surface area contributed by atoms with E-state index in [1.54, 1.807) is 6.07 Å². The molecule has 0 radical (unpaired) electrons. The second-order valence-corrected chi connectivity index (χ2v) is 5.82. The van der Waals surface area contributed by atoms with Gasteiger partial charge < -0.3 is 10.4 Å². The summed E-state index contributed by atoms with van der Waals surface area (Å²) < 4.78 is 0. The Morgan fingerprint density at radius 1 is 1.48 bits per heavy atom. The molecule has 0 aliphatic rings. The molecule has 0 spiro atoms. The largest absolute Gasteiger partial charge is 0.481 e. The molecule has 1 amide bonds. The number of nitrogens with zero attached hydrogens (tertiary/aromatic N) is 2. The highest BCUT2D eigenvalue weighted by Gasteiger charge is 2.22. The summed E-state index contributed by atoms with van der Waals surface area (Å²) >= 11 is 1.39. The molecule has 2 heterocycles. The van der Waals surface area contributed by atoms with Gasteiger partial charge in [-0.25, -0.2) is 4.98 Å².